The third kappa shape index (κ3) is 3.59. The van der Waals surface area contributed by atoms with Crippen molar-refractivity contribution in [2.75, 3.05) is 7.11 Å². The Kier molecular flexibility index (Phi) is 5.29. The van der Waals surface area contributed by atoms with Gasteiger partial charge in [-0.15, -0.1) is 0 Å². The molecule has 5 atom stereocenters. The molecular formula is C23H24F2N2O4. The molecule has 6 nitrogen and oxygen atoms in total. The van der Waals surface area contributed by atoms with E-state index in [1.54, 1.807) is 43.6 Å². The number of esters is 1. The van der Waals surface area contributed by atoms with Crippen molar-refractivity contribution in [1.29, 1.82) is 0 Å². The van der Waals surface area contributed by atoms with Crippen LogP contribution in [0.15, 0.2) is 42.7 Å². The minimum absolute atomic E-state index is 0.477. The van der Waals surface area contributed by atoms with E-state index in [0.29, 0.717) is 11.6 Å². The number of rotatable bonds is 4. The zero-order valence-corrected chi connectivity index (χ0v) is 17.5. The van der Waals surface area contributed by atoms with E-state index in [0.717, 1.165) is 11.1 Å². The van der Waals surface area contributed by atoms with Crippen molar-refractivity contribution in [3.63, 3.8) is 0 Å². The molecule has 8 heteroatoms. The van der Waals surface area contributed by atoms with Crippen LogP contribution in [0.1, 0.15) is 26.0 Å². The molecule has 2 fully saturated rings. The summed E-state index contributed by atoms with van der Waals surface area (Å²) < 4.78 is 39.7. The fraction of sp³-hybridized carbons (Fsp3) is 0.435. The van der Waals surface area contributed by atoms with E-state index in [9.17, 15) is 18.7 Å². The number of carbonyl (C=O) groups excluding carboxylic acids is 1. The number of pyridine rings is 2. The summed E-state index contributed by atoms with van der Waals surface area (Å²) in [5.41, 5.74) is -0.0286. The molecule has 1 saturated carbocycles. The van der Waals surface area contributed by atoms with Gasteiger partial charge >= 0.3 is 5.97 Å². The molecule has 0 bridgehead atoms. The number of allylic oxidation sites excluding steroid dienone is 1. The maximum atomic E-state index is 14.6. The molecule has 1 aliphatic heterocycles. The summed E-state index contributed by atoms with van der Waals surface area (Å²) in [5, 5.41) is 10.8. The minimum atomic E-state index is -3.20. The lowest BCUT2D eigenvalue weighted by atomic mass is 9.62. The van der Waals surface area contributed by atoms with E-state index in [4.69, 9.17) is 9.47 Å². The summed E-state index contributed by atoms with van der Waals surface area (Å²) in [6.45, 7) is 3.07. The molecule has 0 radical (unpaired) electrons. The standard InChI is InChI=1S/C23H24F2N2O4/c1-13-17(19-14(2)31-21(28)22(19,29)12-23(13,24)25)9-8-16-7-6-15(11-27-16)18-5-4-10-26-20(18)30-3/h4-11,13-14,17,19,29H,12H2,1-3H3/b9-8+/t13-,14+,17-,19-,22-/m0/s1. The highest BCUT2D eigenvalue weighted by atomic mass is 19.3. The number of cyclic esters (lactones) is 1. The van der Waals surface area contributed by atoms with Crippen LogP contribution in [0.2, 0.25) is 0 Å². The Labute approximate surface area is 178 Å². The number of alkyl halides is 2. The van der Waals surface area contributed by atoms with E-state index in [2.05, 4.69) is 9.97 Å². The fourth-order valence-electron chi connectivity index (χ4n) is 4.74. The van der Waals surface area contributed by atoms with Crippen LogP contribution in [-0.4, -0.2) is 45.8 Å². The molecule has 4 rings (SSSR count). The summed E-state index contributed by atoms with van der Waals surface area (Å²) in [7, 11) is 1.54. The topological polar surface area (TPSA) is 81.5 Å². The highest BCUT2D eigenvalue weighted by molar-refractivity contribution is 5.83. The van der Waals surface area contributed by atoms with Gasteiger partial charge < -0.3 is 14.6 Å². The highest BCUT2D eigenvalue weighted by Gasteiger charge is 2.67. The van der Waals surface area contributed by atoms with Crippen molar-refractivity contribution in [3.8, 4) is 17.0 Å². The van der Waals surface area contributed by atoms with Crippen LogP contribution in [0.4, 0.5) is 8.78 Å². The Bertz CT molecular complexity index is 1010. The summed E-state index contributed by atoms with van der Waals surface area (Å²) in [6.07, 6.45) is 4.96. The number of aromatic nitrogens is 2. The molecule has 1 N–H and O–H groups in total. The van der Waals surface area contributed by atoms with Gasteiger partial charge in [0.15, 0.2) is 5.60 Å². The molecule has 1 saturated heterocycles. The molecule has 1 aliphatic carbocycles. The van der Waals surface area contributed by atoms with Crippen LogP contribution in [0.3, 0.4) is 0 Å². The lowest BCUT2D eigenvalue weighted by Gasteiger charge is -2.45. The third-order valence-electron chi connectivity index (χ3n) is 6.42. The fourth-order valence-corrected chi connectivity index (χ4v) is 4.74. The molecule has 31 heavy (non-hydrogen) atoms. The van der Waals surface area contributed by atoms with Crippen molar-refractivity contribution in [2.45, 2.75) is 37.9 Å². The molecule has 3 heterocycles. The quantitative estimate of drug-likeness (QED) is 0.744. The molecule has 0 spiro atoms. The van der Waals surface area contributed by atoms with Gasteiger partial charge in [0.05, 0.1) is 19.2 Å². The van der Waals surface area contributed by atoms with Crippen LogP contribution < -0.4 is 4.74 Å². The molecule has 0 unspecified atom stereocenters. The van der Waals surface area contributed by atoms with Crippen molar-refractivity contribution >= 4 is 12.0 Å². The molecule has 2 aromatic heterocycles. The number of hydrogen-bond acceptors (Lipinski definition) is 6. The van der Waals surface area contributed by atoms with Gasteiger partial charge in [-0.05, 0) is 37.1 Å². The summed E-state index contributed by atoms with van der Waals surface area (Å²) in [4.78, 5) is 20.7. The van der Waals surface area contributed by atoms with E-state index < -0.39 is 47.8 Å². The van der Waals surface area contributed by atoms with Crippen LogP contribution in [0.5, 0.6) is 5.88 Å². The average molecular weight is 430 g/mol. The Morgan fingerprint density at radius 1 is 1.26 bits per heavy atom. The molecular weight excluding hydrogens is 406 g/mol. The van der Waals surface area contributed by atoms with Crippen LogP contribution in [0.25, 0.3) is 17.2 Å². The van der Waals surface area contributed by atoms with Crippen molar-refractivity contribution < 1.29 is 28.2 Å². The monoisotopic (exact) mass is 430 g/mol. The smallest absolute Gasteiger partial charge is 0.339 e. The maximum Gasteiger partial charge on any atom is 0.339 e. The summed E-state index contributed by atoms with van der Waals surface area (Å²) in [5.74, 6) is -6.25. The normalized spacial score (nSPS) is 32.0. The average Bonchev–Trinajstić information content (AvgIpc) is 2.96. The predicted molar refractivity (Wildman–Crippen MR) is 109 cm³/mol. The lowest BCUT2D eigenvalue weighted by Crippen LogP contribution is -2.57. The first kappa shape index (κ1) is 21.4. The van der Waals surface area contributed by atoms with Gasteiger partial charge in [-0.1, -0.05) is 19.1 Å². The molecule has 2 aromatic rings. The van der Waals surface area contributed by atoms with E-state index in [1.807, 2.05) is 12.1 Å². The second kappa shape index (κ2) is 7.67. The zero-order valence-electron chi connectivity index (χ0n) is 17.5. The number of methoxy groups -OCH3 is 1. The van der Waals surface area contributed by atoms with E-state index >= 15 is 0 Å². The number of ether oxygens (including phenoxy) is 2. The first-order valence-corrected chi connectivity index (χ1v) is 10.1. The van der Waals surface area contributed by atoms with Gasteiger partial charge in [-0.25, -0.2) is 18.6 Å². The van der Waals surface area contributed by atoms with Crippen LogP contribution >= 0.6 is 0 Å². The largest absolute Gasteiger partial charge is 0.481 e. The minimum Gasteiger partial charge on any atom is -0.481 e. The van der Waals surface area contributed by atoms with Crippen molar-refractivity contribution in [2.24, 2.45) is 17.8 Å². The molecule has 2 aliphatic rings. The molecule has 164 valence electrons. The number of fused-ring (bicyclic) bond motifs is 1. The number of nitrogens with zero attached hydrogens (tertiary/aromatic N) is 2. The predicted octanol–water partition coefficient (Wildman–Crippen LogP) is 3.75. The van der Waals surface area contributed by atoms with Crippen LogP contribution in [-0.2, 0) is 9.53 Å². The van der Waals surface area contributed by atoms with Gasteiger partial charge in [0, 0.05) is 35.4 Å². The van der Waals surface area contributed by atoms with Gasteiger partial charge in [-0.2, -0.15) is 0 Å². The second-order valence-electron chi connectivity index (χ2n) is 8.26. The molecule has 0 amide bonds. The zero-order chi connectivity index (χ0) is 22.4. The number of hydrogen-bond donors (Lipinski definition) is 1. The van der Waals surface area contributed by atoms with Gasteiger partial charge in [0.1, 0.15) is 6.10 Å². The Hall–Kier alpha value is -2.87. The first-order valence-electron chi connectivity index (χ1n) is 10.1. The summed E-state index contributed by atoms with van der Waals surface area (Å²) in [6, 6.07) is 7.26. The van der Waals surface area contributed by atoms with Gasteiger partial charge in [-0.3, -0.25) is 4.98 Å². The molecule has 0 aromatic carbocycles. The number of aliphatic hydroxyl groups is 1. The second-order valence-corrected chi connectivity index (χ2v) is 8.26. The Morgan fingerprint density at radius 2 is 2.03 bits per heavy atom. The lowest BCUT2D eigenvalue weighted by molar-refractivity contribution is -0.193. The number of halogens is 2. The summed E-state index contributed by atoms with van der Waals surface area (Å²) >= 11 is 0. The Balaban J connectivity index is 1.62. The van der Waals surface area contributed by atoms with Crippen molar-refractivity contribution in [1.82, 2.24) is 9.97 Å². The maximum absolute atomic E-state index is 14.6. The van der Waals surface area contributed by atoms with Crippen LogP contribution in [0, 0.1) is 17.8 Å². The van der Waals surface area contributed by atoms with Gasteiger partial charge in [0.2, 0.25) is 5.88 Å². The SMILES string of the molecule is COc1ncccc1-c1ccc(/C=C/[C@@H]2[C@@H]3[C@@H](C)OC(=O)[C@]3(O)CC(F)(F)[C@H]2C)nc1. The van der Waals surface area contributed by atoms with E-state index in [1.165, 1.54) is 14.0 Å². The highest BCUT2D eigenvalue weighted by Crippen LogP contribution is 2.54. The first-order chi connectivity index (χ1) is 14.7. The Morgan fingerprint density at radius 3 is 2.71 bits per heavy atom. The van der Waals surface area contributed by atoms with E-state index in [-0.39, 0.29) is 0 Å². The van der Waals surface area contributed by atoms with Crippen molar-refractivity contribution in [3.05, 3.63) is 48.4 Å². The number of carbonyl (C=O) groups is 1. The third-order valence-corrected chi connectivity index (χ3v) is 6.42. The van der Waals surface area contributed by atoms with Gasteiger partial charge in [0.25, 0.3) is 5.92 Å².